The second kappa shape index (κ2) is 47.2. The summed E-state index contributed by atoms with van der Waals surface area (Å²) in [5.74, 6) is -1.96. The number of likely N-dealkylation sites (N-methyl/N-ethyl adjacent to an activating group) is 1. The molecular weight excluding hydrogens is 907 g/mol. The minimum Gasteiger partial charge on any atom is -0.387 e. The first kappa shape index (κ1) is 64.5. The van der Waals surface area contributed by atoms with Crippen molar-refractivity contribution in [3.05, 3.63) is 12.3 Å². The second-order valence-corrected chi connectivity index (χ2v) is 15.5. The highest BCUT2D eigenvalue weighted by Crippen LogP contribution is 2.11. The Hall–Kier alpha value is -4.53. The van der Waals surface area contributed by atoms with Crippen LogP contribution in [-0.2, 0) is 71.5 Å². The van der Waals surface area contributed by atoms with Crippen LogP contribution in [0.2, 0.25) is 0 Å². The summed E-state index contributed by atoms with van der Waals surface area (Å²) in [6.45, 7) is 11.6. The fraction of sp³-hybridized carbons (Fsp3) is 0.800. The Balaban J connectivity index is 3.48. The molecule has 0 unspecified atom stereocenters. The molecule has 0 saturated heterocycles. The molecule has 2 atom stereocenters. The zero-order chi connectivity index (χ0) is 51.0. The van der Waals surface area contributed by atoms with E-state index in [1.165, 1.54) is 0 Å². The molecule has 0 aromatic heterocycles. The largest absolute Gasteiger partial charge is 0.387 e. The molecule has 0 aromatic rings. The lowest BCUT2D eigenvalue weighted by Crippen LogP contribution is -2.39. The van der Waals surface area contributed by atoms with Crippen LogP contribution < -0.4 is 48.7 Å². The molecule has 11 N–H and O–H groups in total. The Morgan fingerprint density at radius 3 is 1.17 bits per heavy atom. The number of unbranched alkanes of at least 4 members (excludes halogenated alkanes) is 2. The summed E-state index contributed by atoms with van der Waals surface area (Å²) in [6.07, 6.45) is 6.16. The topological polar surface area (TPSA) is 330 Å². The minimum atomic E-state index is -0.350. The van der Waals surface area contributed by atoms with Crippen LogP contribution in [-0.4, -0.2) is 199 Å². The third-order valence-corrected chi connectivity index (χ3v) is 9.73. The Kier molecular flexibility index (Phi) is 44.1. The smallest absolute Gasteiger partial charge is 0.246 e. The third-order valence-electron chi connectivity index (χ3n) is 9.73. The van der Waals surface area contributed by atoms with E-state index in [1.807, 2.05) is 6.92 Å². The van der Waals surface area contributed by atoms with Gasteiger partial charge in [0.2, 0.25) is 41.4 Å². The van der Waals surface area contributed by atoms with Gasteiger partial charge in [0, 0.05) is 63.7 Å². The highest BCUT2D eigenvalue weighted by Gasteiger charge is 2.13. The van der Waals surface area contributed by atoms with Crippen molar-refractivity contribution in [2.24, 2.45) is 17.4 Å². The highest BCUT2D eigenvalue weighted by molar-refractivity contribution is 5.80. The van der Waals surface area contributed by atoms with Gasteiger partial charge in [-0.25, -0.2) is 0 Å². The highest BCUT2D eigenvalue weighted by atomic mass is 16.5. The van der Waals surface area contributed by atoms with Crippen LogP contribution in [0.3, 0.4) is 0 Å². The van der Waals surface area contributed by atoms with Gasteiger partial charge in [0.15, 0.2) is 0 Å². The fourth-order valence-corrected chi connectivity index (χ4v) is 5.87. The van der Waals surface area contributed by atoms with Crippen LogP contribution in [0.25, 0.3) is 0 Å². The quantitative estimate of drug-likeness (QED) is 0.0295. The third kappa shape index (κ3) is 44.4. The van der Waals surface area contributed by atoms with Gasteiger partial charge >= 0.3 is 0 Å². The van der Waals surface area contributed by atoms with Crippen molar-refractivity contribution in [2.45, 2.75) is 77.2 Å². The second-order valence-electron chi connectivity index (χ2n) is 15.5. The first-order chi connectivity index (χ1) is 33.4. The standard InChI is InChI=1S/C45H85N9O15/c1-4-37(44(46)60)10-5-7-15-50-41(57)33-67-29-27-65-23-19-54-43(59)35-69-31-26-63-21-17-52-40(56)13-9-12-39(55)51-16-20-62-25-30-68-34-42(58)53-18-22-64-24-28-66-32-36(2)49-14-8-6-11-38(48-3)45(47)61/h37-38,48-49H,2,4-35H2,1,3H3,(H2,46,60)(H2,47,61)(H,50,57)(H,51,55)(H,52,56)(H,53,58)(H,54,59)/t37-,38-/m0/s1. The first-order valence-electron chi connectivity index (χ1n) is 24.0. The fourth-order valence-electron chi connectivity index (χ4n) is 5.87. The molecule has 24 heteroatoms. The Morgan fingerprint density at radius 1 is 0.420 bits per heavy atom. The van der Waals surface area contributed by atoms with Crippen molar-refractivity contribution in [1.82, 2.24) is 37.2 Å². The SMILES string of the molecule is C=C(COCCOCCNC(=O)COCCOCCNC(=O)CCCC(=O)NCCOCCOCC(=O)NCCOCCOCC(=O)NCCCC[C@H](CC)C(N)=O)NCCCC[C@H](NC)C(N)=O. The van der Waals surface area contributed by atoms with E-state index in [0.717, 1.165) is 37.9 Å². The number of carbonyl (C=O) groups is 7. The van der Waals surface area contributed by atoms with Crippen LogP contribution in [0.4, 0.5) is 0 Å². The number of hydrogen-bond acceptors (Lipinski definition) is 17. The van der Waals surface area contributed by atoms with Crippen molar-refractivity contribution >= 4 is 41.4 Å². The van der Waals surface area contributed by atoms with E-state index < -0.39 is 0 Å². The number of hydrogen-bond donors (Lipinski definition) is 9. The van der Waals surface area contributed by atoms with Crippen molar-refractivity contribution in [1.29, 1.82) is 0 Å². The molecule has 0 bridgehead atoms. The normalized spacial score (nSPS) is 11.9. The van der Waals surface area contributed by atoms with Crippen LogP contribution in [0.5, 0.6) is 0 Å². The average Bonchev–Trinajstić information content (AvgIpc) is 3.31. The van der Waals surface area contributed by atoms with Gasteiger partial charge in [-0.15, -0.1) is 0 Å². The van der Waals surface area contributed by atoms with Gasteiger partial charge in [-0.3, -0.25) is 33.6 Å². The number of nitrogens with one attached hydrogen (secondary N) is 7. The van der Waals surface area contributed by atoms with Gasteiger partial charge in [-0.2, -0.15) is 0 Å². The predicted octanol–water partition coefficient (Wildman–Crippen LogP) is -2.10. The van der Waals surface area contributed by atoms with Crippen molar-refractivity contribution < 1.29 is 71.5 Å². The van der Waals surface area contributed by atoms with Gasteiger partial charge in [0.1, 0.15) is 19.8 Å². The number of rotatable bonds is 51. The number of nitrogens with two attached hydrogens (primary N) is 2. The molecule has 0 heterocycles. The Bertz CT molecular complexity index is 1300. The van der Waals surface area contributed by atoms with E-state index in [4.69, 9.17) is 49.4 Å². The molecule has 0 spiro atoms. The summed E-state index contributed by atoms with van der Waals surface area (Å²) >= 11 is 0. The van der Waals surface area contributed by atoms with Gasteiger partial charge < -0.3 is 86.6 Å². The summed E-state index contributed by atoms with van der Waals surface area (Å²) in [5, 5.41) is 19.7. The minimum absolute atomic E-state index is 0.0802. The van der Waals surface area contributed by atoms with Gasteiger partial charge in [-0.05, 0) is 52.0 Å². The molecule has 0 aliphatic heterocycles. The molecule has 0 radical (unpaired) electrons. The molecule has 0 rings (SSSR count). The number of carbonyl (C=O) groups excluding carboxylic acids is 7. The predicted molar refractivity (Wildman–Crippen MR) is 255 cm³/mol. The van der Waals surface area contributed by atoms with E-state index in [0.29, 0.717) is 78.3 Å². The summed E-state index contributed by atoms with van der Waals surface area (Å²) in [4.78, 5) is 82.2. The number of ether oxygens (including phenoxy) is 8. The lowest BCUT2D eigenvalue weighted by molar-refractivity contribution is -0.127. The van der Waals surface area contributed by atoms with E-state index in [2.05, 4.69) is 43.8 Å². The molecule has 0 aliphatic carbocycles. The van der Waals surface area contributed by atoms with Crippen molar-refractivity contribution in [2.75, 3.05) is 152 Å². The van der Waals surface area contributed by atoms with Crippen LogP contribution >= 0.6 is 0 Å². The van der Waals surface area contributed by atoms with E-state index in [1.54, 1.807) is 7.05 Å². The summed E-state index contributed by atoms with van der Waals surface area (Å²) in [5.41, 5.74) is 11.4. The summed E-state index contributed by atoms with van der Waals surface area (Å²) < 4.78 is 43.1. The number of amides is 7. The van der Waals surface area contributed by atoms with Crippen molar-refractivity contribution in [3.8, 4) is 0 Å². The van der Waals surface area contributed by atoms with E-state index in [9.17, 15) is 33.6 Å². The zero-order valence-corrected chi connectivity index (χ0v) is 41.3. The molecular formula is C45H85N9O15. The molecule has 0 saturated carbocycles. The van der Waals surface area contributed by atoms with Crippen molar-refractivity contribution in [3.63, 3.8) is 0 Å². The lowest BCUT2D eigenvalue weighted by Gasteiger charge is -2.13. The zero-order valence-electron chi connectivity index (χ0n) is 41.3. The van der Waals surface area contributed by atoms with Gasteiger partial charge in [0.05, 0.1) is 91.9 Å². The van der Waals surface area contributed by atoms with Crippen LogP contribution in [0.15, 0.2) is 12.3 Å². The average molecular weight is 992 g/mol. The molecule has 24 nitrogen and oxygen atoms in total. The lowest BCUT2D eigenvalue weighted by atomic mass is 9.99. The Labute approximate surface area is 408 Å². The number of primary amides is 2. The summed E-state index contributed by atoms with van der Waals surface area (Å²) in [6, 6.07) is -0.311. The van der Waals surface area contributed by atoms with Gasteiger partial charge in [0.25, 0.3) is 0 Å². The molecule has 400 valence electrons. The van der Waals surface area contributed by atoms with Crippen LogP contribution in [0.1, 0.15) is 71.1 Å². The monoisotopic (exact) mass is 992 g/mol. The molecule has 0 aliphatic rings. The maximum absolute atomic E-state index is 12.1. The van der Waals surface area contributed by atoms with Gasteiger partial charge in [-0.1, -0.05) is 19.9 Å². The molecule has 0 aromatic carbocycles. The van der Waals surface area contributed by atoms with E-state index in [-0.39, 0.29) is 152 Å². The molecule has 7 amide bonds. The summed E-state index contributed by atoms with van der Waals surface area (Å²) in [7, 11) is 1.71. The maximum Gasteiger partial charge on any atom is 0.246 e. The van der Waals surface area contributed by atoms with E-state index >= 15 is 0 Å². The molecule has 69 heavy (non-hydrogen) atoms. The first-order valence-corrected chi connectivity index (χ1v) is 24.0. The maximum atomic E-state index is 12.1. The van der Waals surface area contributed by atoms with Crippen LogP contribution in [0, 0.1) is 5.92 Å². The Morgan fingerprint density at radius 2 is 0.783 bits per heavy atom. The molecule has 0 fully saturated rings.